The first kappa shape index (κ1) is 15.0. The number of carbonyl (C=O) groups excluding carboxylic acids is 1. The maximum Gasteiger partial charge on any atom is 0.238 e. The number of carbonyl (C=O) groups is 1. The highest BCUT2D eigenvalue weighted by molar-refractivity contribution is 5.81. The third-order valence-electron chi connectivity index (χ3n) is 4.00. The van der Waals surface area contributed by atoms with Gasteiger partial charge in [-0.3, -0.25) is 10.1 Å². The van der Waals surface area contributed by atoms with Crippen molar-refractivity contribution in [3.05, 3.63) is 35.4 Å². The zero-order valence-corrected chi connectivity index (χ0v) is 13.0. The van der Waals surface area contributed by atoms with Gasteiger partial charge in [0.15, 0.2) is 0 Å². The Morgan fingerprint density at radius 2 is 1.90 bits per heavy atom. The van der Waals surface area contributed by atoms with E-state index in [2.05, 4.69) is 57.3 Å². The van der Waals surface area contributed by atoms with Gasteiger partial charge in [-0.15, -0.1) is 0 Å². The van der Waals surface area contributed by atoms with Crippen molar-refractivity contribution in [1.82, 2.24) is 10.2 Å². The van der Waals surface area contributed by atoms with Crippen molar-refractivity contribution in [2.75, 3.05) is 6.54 Å². The molecule has 2 atom stereocenters. The summed E-state index contributed by atoms with van der Waals surface area (Å²) in [5.41, 5.74) is 2.52. The first-order valence-electron chi connectivity index (χ1n) is 7.66. The SMILES string of the molecule is CCc1ccc(C2NCC(=O)N2C(C)CC(C)C)cc1. The van der Waals surface area contributed by atoms with Gasteiger partial charge in [-0.25, -0.2) is 0 Å². The number of rotatable bonds is 5. The second-order valence-corrected chi connectivity index (χ2v) is 6.16. The molecule has 0 saturated carbocycles. The molecule has 1 aromatic rings. The topological polar surface area (TPSA) is 32.3 Å². The van der Waals surface area contributed by atoms with Gasteiger partial charge in [-0.1, -0.05) is 45.0 Å². The summed E-state index contributed by atoms with van der Waals surface area (Å²) in [5.74, 6) is 0.809. The van der Waals surface area contributed by atoms with Gasteiger partial charge in [0, 0.05) is 6.04 Å². The van der Waals surface area contributed by atoms with Crippen LogP contribution in [0.4, 0.5) is 0 Å². The molecule has 0 radical (unpaired) electrons. The highest BCUT2D eigenvalue weighted by Crippen LogP contribution is 2.27. The number of aryl methyl sites for hydroxylation is 1. The summed E-state index contributed by atoms with van der Waals surface area (Å²) in [6.07, 6.45) is 2.11. The number of amides is 1. The summed E-state index contributed by atoms with van der Waals surface area (Å²) >= 11 is 0. The average Bonchev–Trinajstić information content (AvgIpc) is 2.80. The van der Waals surface area contributed by atoms with Crippen LogP contribution in [0.2, 0.25) is 0 Å². The van der Waals surface area contributed by atoms with Gasteiger partial charge in [-0.2, -0.15) is 0 Å². The maximum absolute atomic E-state index is 12.2. The monoisotopic (exact) mass is 274 g/mol. The van der Waals surface area contributed by atoms with Gasteiger partial charge in [0.05, 0.1) is 6.54 Å². The Morgan fingerprint density at radius 3 is 2.45 bits per heavy atom. The highest BCUT2D eigenvalue weighted by Gasteiger charge is 2.34. The Bertz CT molecular complexity index is 453. The van der Waals surface area contributed by atoms with Crippen molar-refractivity contribution >= 4 is 5.91 Å². The predicted molar refractivity (Wildman–Crippen MR) is 82.3 cm³/mol. The second-order valence-electron chi connectivity index (χ2n) is 6.16. The van der Waals surface area contributed by atoms with Crippen LogP contribution in [0.5, 0.6) is 0 Å². The van der Waals surface area contributed by atoms with E-state index in [1.54, 1.807) is 0 Å². The van der Waals surface area contributed by atoms with Crippen molar-refractivity contribution in [1.29, 1.82) is 0 Å². The molecule has 1 aliphatic heterocycles. The Hall–Kier alpha value is -1.35. The highest BCUT2D eigenvalue weighted by atomic mass is 16.2. The summed E-state index contributed by atoms with van der Waals surface area (Å²) in [6.45, 7) is 9.16. The van der Waals surface area contributed by atoms with E-state index in [4.69, 9.17) is 0 Å². The molecule has 20 heavy (non-hydrogen) atoms. The fraction of sp³-hybridized carbons (Fsp3) is 0.588. The van der Waals surface area contributed by atoms with E-state index in [9.17, 15) is 4.79 Å². The van der Waals surface area contributed by atoms with E-state index in [0.29, 0.717) is 12.5 Å². The minimum Gasteiger partial charge on any atom is -0.319 e. The van der Waals surface area contributed by atoms with Crippen LogP contribution in [-0.2, 0) is 11.2 Å². The number of hydrogen-bond acceptors (Lipinski definition) is 2. The molecule has 1 heterocycles. The van der Waals surface area contributed by atoms with E-state index in [1.165, 1.54) is 11.1 Å². The molecule has 110 valence electrons. The second kappa shape index (κ2) is 6.40. The molecule has 0 aliphatic carbocycles. The van der Waals surface area contributed by atoms with E-state index in [0.717, 1.165) is 12.8 Å². The van der Waals surface area contributed by atoms with E-state index in [-0.39, 0.29) is 18.1 Å². The molecular formula is C17H26N2O. The third-order valence-corrected chi connectivity index (χ3v) is 4.00. The van der Waals surface area contributed by atoms with Crippen LogP contribution in [0.1, 0.15) is 51.4 Å². The van der Waals surface area contributed by atoms with Gasteiger partial charge in [0.2, 0.25) is 5.91 Å². The first-order valence-corrected chi connectivity index (χ1v) is 7.66. The lowest BCUT2D eigenvalue weighted by atomic mass is 10.0. The molecule has 1 fully saturated rings. The Morgan fingerprint density at radius 1 is 1.25 bits per heavy atom. The molecule has 0 spiro atoms. The van der Waals surface area contributed by atoms with Crippen molar-refractivity contribution in [3.8, 4) is 0 Å². The van der Waals surface area contributed by atoms with Gasteiger partial charge >= 0.3 is 0 Å². The molecule has 1 aliphatic rings. The molecule has 1 N–H and O–H groups in total. The molecule has 2 rings (SSSR count). The zero-order chi connectivity index (χ0) is 14.7. The Kier molecular flexibility index (Phi) is 4.81. The zero-order valence-electron chi connectivity index (χ0n) is 13.0. The molecule has 0 aromatic heterocycles. The predicted octanol–water partition coefficient (Wildman–Crippen LogP) is 3.11. The maximum atomic E-state index is 12.2. The fourth-order valence-corrected chi connectivity index (χ4v) is 3.03. The van der Waals surface area contributed by atoms with E-state index >= 15 is 0 Å². The summed E-state index contributed by atoms with van der Waals surface area (Å²) in [4.78, 5) is 14.2. The number of nitrogens with one attached hydrogen (secondary N) is 1. The normalized spacial score (nSPS) is 20.8. The van der Waals surface area contributed by atoms with Crippen molar-refractivity contribution in [2.24, 2.45) is 5.92 Å². The molecule has 3 nitrogen and oxygen atoms in total. The largest absolute Gasteiger partial charge is 0.319 e. The smallest absolute Gasteiger partial charge is 0.238 e. The summed E-state index contributed by atoms with van der Waals surface area (Å²) in [6, 6.07) is 8.87. The number of benzene rings is 1. The van der Waals surface area contributed by atoms with Crippen LogP contribution >= 0.6 is 0 Å². The van der Waals surface area contributed by atoms with Crippen molar-refractivity contribution in [2.45, 2.75) is 52.7 Å². The average molecular weight is 274 g/mol. The van der Waals surface area contributed by atoms with Gasteiger partial charge < -0.3 is 4.90 Å². The summed E-state index contributed by atoms with van der Waals surface area (Å²) in [7, 11) is 0. The minimum atomic E-state index is 0.0298. The van der Waals surface area contributed by atoms with Crippen LogP contribution in [-0.4, -0.2) is 23.4 Å². The third kappa shape index (κ3) is 3.21. The van der Waals surface area contributed by atoms with Crippen LogP contribution in [0, 0.1) is 5.92 Å². The van der Waals surface area contributed by atoms with Crippen molar-refractivity contribution < 1.29 is 4.79 Å². The first-order chi connectivity index (χ1) is 9.52. The van der Waals surface area contributed by atoms with Crippen LogP contribution in [0.15, 0.2) is 24.3 Å². The lowest BCUT2D eigenvalue weighted by Gasteiger charge is -2.31. The van der Waals surface area contributed by atoms with Crippen LogP contribution < -0.4 is 5.32 Å². The summed E-state index contributed by atoms with van der Waals surface area (Å²) < 4.78 is 0. The molecule has 2 unspecified atom stereocenters. The molecule has 1 saturated heterocycles. The summed E-state index contributed by atoms with van der Waals surface area (Å²) in [5, 5.41) is 3.34. The number of nitrogens with zero attached hydrogens (tertiary/aromatic N) is 1. The van der Waals surface area contributed by atoms with Crippen LogP contribution in [0.25, 0.3) is 0 Å². The van der Waals surface area contributed by atoms with Gasteiger partial charge in [0.25, 0.3) is 0 Å². The molecule has 1 amide bonds. The van der Waals surface area contributed by atoms with Crippen LogP contribution in [0.3, 0.4) is 0 Å². The lowest BCUT2D eigenvalue weighted by Crippen LogP contribution is -2.38. The van der Waals surface area contributed by atoms with E-state index < -0.39 is 0 Å². The van der Waals surface area contributed by atoms with E-state index in [1.807, 2.05) is 4.90 Å². The quantitative estimate of drug-likeness (QED) is 0.894. The molecule has 3 heteroatoms. The molecular weight excluding hydrogens is 248 g/mol. The number of hydrogen-bond donors (Lipinski definition) is 1. The molecule has 1 aromatic carbocycles. The standard InChI is InChI=1S/C17H26N2O/c1-5-14-6-8-15(9-7-14)17-18-11-16(20)19(17)13(4)10-12(2)3/h6-9,12-13,17-18H,5,10-11H2,1-4H3. The fourth-order valence-electron chi connectivity index (χ4n) is 3.03. The lowest BCUT2D eigenvalue weighted by molar-refractivity contribution is -0.130. The van der Waals surface area contributed by atoms with Crippen molar-refractivity contribution in [3.63, 3.8) is 0 Å². The van der Waals surface area contributed by atoms with Gasteiger partial charge in [0.1, 0.15) is 6.17 Å². The van der Waals surface area contributed by atoms with Gasteiger partial charge in [-0.05, 0) is 36.8 Å². The molecule has 0 bridgehead atoms. The Labute approximate surface area is 122 Å². The minimum absolute atomic E-state index is 0.0298. The Balaban J connectivity index is 2.18.